The number of ether oxygens (including phenoxy) is 1. The number of carbonyl (C=O) groups is 2. The zero-order chi connectivity index (χ0) is 23.4. The van der Waals surface area contributed by atoms with Gasteiger partial charge < -0.3 is 15.0 Å². The van der Waals surface area contributed by atoms with Gasteiger partial charge in [-0.3, -0.25) is 9.59 Å². The van der Waals surface area contributed by atoms with Crippen LogP contribution in [0.1, 0.15) is 37.6 Å². The molecule has 0 bridgehead atoms. The molecule has 174 valence electrons. The maximum atomic E-state index is 13.2. The molecule has 8 heteroatoms. The number of halogens is 1. The van der Waals surface area contributed by atoms with Crippen molar-refractivity contribution in [3.8, 4) is 5.75 Å². The summed E-state index contributed by atoms with van der Waals surface area (Å²) in [5.41, 5.74) is 0.932. The predicted octanol–water partition coefficient (Wildman–Crippen LogP) is 4.88. The van der Waals surface area contributed by atoms with Gasteiger partial charge in [0, 0.05) is 24.0 Å². The van der Waals surface area contributed by atoms with E-state index in [0.29, 0.717) is 29.8 Å². The van der Waals surface area contributed by atoms with Crippen molar-refractivity contribution >= 4 is 45.0 Å². The number of rotatable bonds is 7. The van der Waals surface area contributed by atoms with E-state index in [0.717, 1.165) is 28.1 Å². The predicted molar refractivity (Wildman–Crippen MR) is 132 cm³/mol. The summed E-state index contributed by atoms with van der Waals surface area (Å²) < 4.78 is 6.65. The molecular weight excluding hydrogens is 458 g/mol. The van der Waals surface area contributed by atoms with Crippen molar-refractivity contribution < 1.29 is 14.3 Å². The number of fused-ring (bicyclic) bond motifs is 1. The summed E-state index contributed by atoms with van der Waals surface area (Å²) >= 11 is 7.79. The maximum Gasteiger partial charge on any atom is 0.258 e. The number of nitrogens with zero attached hydrogens (tertiary/aromatic N) is 2. The Hall–Kier alpha value is -2.64. The second kappa shape index (κ2) is 10.5. The van der Waals surface area contributed by atoms with Gasteiger partial charge >= 0.3 is 0 Å². The van der Waals surface area contributed by atoms with Gasteiger partial charge in [-0.05, 0) is 49.1 Å². The fraction of sp³-hybridized carbons (Fsp3) is 0.400. The van der Waals surface area contributed by atoms with Crippen molar-refractivity contribution in [2.75, 3.05) is 19.7 Å². The number of benzene rings is 2. The summed E-state index contributed by atoms with van der Waals surface area (Å²) in [5.74, 6) is 0.599. The standard InChI is InChI=1S/C25H28ClN3O3S/c1-16(2)23(28-22(30)15-32-19-6-4-3-5-7-19)25(31)29-12-10-17(11-13-29)24-27-20-14-18(26)8-9-21(20)33-24/h3-9,14,16-17,23H,10-13,15H2,1-2H3,(H,28,30)/t23-/m0/s1. The van der Waals surface area contributed by atoms with Gasteiger partial charge in [-0.2, -0.15) is 0 Å². The fourth-order valence-electron chi connectivity index (χ4n) is 4.03. The number of amides is 2. The average molecular weight is 486 g/mol. The van der Waals surface area contributed by atoms with Gasteiger partial charge in [0.1, 0.15) is 11.8 Å². The lowest BCUT2D eigenvalue weighted by atomic mass is 9.95. The molecule has 1 N–H and O–H groups in total. The zero-order valence-electron chi connectivity index (χ0n) is 18.8. The Bertz CT molecular complexity index is 1110. The molecule has 2 aromatic carbocycles. The van der Waals surface area contributed by atoms with Gasteiger partial charge in [0.15, 0.2) is 6.61 Å². The Kier molecular flexibility index (Phi) is 7.50. The van der Waals surface area contributed by atoms with Gasteiger partial charge in [-0.1, -0.05) is 43.6 Å². The van der Waals surface area contributed by atoms with E-state index in [1.807, 2.05) is 55.1 Å². The Morgan fingerprint density at radius 1 is 1.18 bits per heavy atom. The first-order valence-corrected chi connectivity index (χ1v) is 12.4. The summed E-state index contributed by atoms with van der Waals surface area (Å²) in [5, 5.41) is 4.67. The highest BCUT2D eigenvalue weighted by atomic mass is 35.5. The molecule has 1 fully saturated rings. The molecule has 0 radical (unpaired) electrons. The van der Waals surface area contributed by atoms with E-state index in [1.54, 1.807) is 23.5 Å². The Labute approximate surface area is 202 Å². The number of thiazole rings is 1. The Balaban J connectivity index is 1.32. The molecular formula is C25H28ClN3O3S. The van der Waals surface area contributed by atoms with Crippen molar-refractivity contribution in [1.29, 1.82) is 0 Å². The third-order valence-electron chi connectivity index (χ3n) is 5.88. The number of para-hydroxylation sites is 1. The van der Waals surface area contributed by atoms with Gasteiger partial charge in [-0.15, -0.1) is 11.3 Å². The molecule has 2 amide bonds. The van der Waals surface area contributed by atoms with Gasteiger partial charge in [0.05, 0.1) is 15.2 Å². The van der Waals surface area contributed by atoms with Gasteiger partial charge in [-0.25, -0.2) is 4.98 Å². The highest BCUT2D eigenvalue weighted by Gasteiger charge is 2.32. The maximum absolute atomic E-state index is 13.2. The first-order chi connectivity index (χ1) is 15.9. The summed E-state index contributed by atoms with van der Waals surface area (Å²) in [4.78, 5) is 32.3. The molecule has 1 aliphatic rings. The average Bonchev–Trinajstić information content (AvgIpc) is 3.24. The number of hydrogen-bond acceptors (Lipinski definition) is 5. The normalized spacial score (nSPS) is 15.6. The van der Waals surface area contributed by atoms with Crippen LogP contribution < -0.4 is 10.1 Å². The van der Waals surface area contributed by atoms with Crippen LogP contribution >= 0.6 is 22.9 Å². The minimum atomic E-state index is -0.571. The second-order valence-corrected chi connectivity index (χ2v) is 10.2. The summed E-state index contributed by atoms with van der Waals surface area (Å²) in [6, 6.07) is 14.4. The Morgan fingerprint density at radius 3 is 2.61 bits per heavy atom. The lowest BCUT2D eigenvalue weighted by Crippen LogP contribution is -2.53. The van der Waals surface area contributed by atoms with E-state index >= 15 is 0 Å². The van der Waals surface area contributed by atoms with Crippen molar-refractivity contribution in [1.82, 2.24) is 15.2 Å². The summed E-state index contributed by atoms with van der Waals surface area (Å²) in [6.45, 7) is 5.07. The topological polar surface area (TPSA) is 71.5 Å². The molecule has 3 aromatic rings. The van der Waals surface area contributed by atoms with E-state index in [1.165, 1.54) is 0 Å². The number of nitrogens with one attached hydrogen (secondary N) is 1. The monoisotopic (exact) mass is 485 g/mol. The van der Waals surface area contributed by atoms with Crippen LogP contribution in [0, 0.1) is 5.92 Å². The molecule has 6 nitrogen and oxygen atoms in total. The van der Waals surface area contributed by atoms with Crippen molar-refractivity contribution in [2.45, 2.75) is 38.6 Å². The molecule has 0 spiro atoms. The molecule has 0 unspecified atom stereocenters. The lowest BCUT2D eigenvalue weighted by molar-refractivity contribution is -0.139. The van der Waals surface area contributed by atoms with Crippen LogP contribution in [0.15, 0.2) is 48.5 Å². The first kappa shape index (κ1) is 23.5. The van der Waals surface area contributed by atoms with Gasteiger partial charge in [0.25, 0.3) is 5.91 Å². The third-order valence-corrected chi connectivity index (χ3v) is 7.32. The van der Waals surface area contributed by atoms with E-state index in [4.69, 9.17) is 21.3 Å². The molecule has 1 atom stereocenters. The minimum Gasteiger partial charge on any atom is -0.484 e. The van der Waals surface area contributed by atoms with Crippen molar-refractivity contribution in [2.24, 2.45) is 5.92 Å². The molecule has 33 heavy (non-hydrogen) atoms. The summed E-state index contributed by atoms with van der Waals surface area (Å²) in [6.07, 6.45) is 1.71. The highest BCUT2D eigenvalue weighted by Crippen LogP contribution is 2.35. The van der Waals surface area contributed by atoms with Crippen molar-refractivity contribution in [3.63, 3.8) is 0 Å². The molecule has 1 aromatic heterocycles. The molecule has 2 heterocycles. The van der Waals surface area contributed by atoms with Crippen LogP contribution in [0.3, 0.4) is 0 Å². The molecule has 4 rings (SSSR count). The SMILES string of the molecule is CC(C)[C@H](NC(=O)COc1ccccc1)C(=O)N1CCC(c2nc3cc(Cl)ccc3s2)CC1. The first-order valence-electron chi connectivity index (χ1n) is 11.2. The van der Waals surface area contributed by atoms with E-state index in [2.05, 4.69) is 5.32 Å². The molecule has 0 saturated carbocycles. The van der Waals surface area contributed by atoms with E-state index in [9.17, 15) is 9.59 Å². The largest absolute Gasteiger partial charge is 0.484 e. The minimum absolute atomic E-state index is 0.0232. The smallest absolute Gasteiger partial charge is 0.258 e. The summed E-state index contributed by atoms with van der Waals surface area (Å²) in [7, 11) is 0. The quantitative estimate of drug-likeness (QED) is 0.518. The number of hydrogen-bond donors (Lipinski definition) is 1. The number of likely N-dealkylation sites (tertiary alicyclic amines) is 1. The third kappa shape index (κ3) is 5.84. The Morgan fingerprint density at radius 2 is 1.91 bits per heavy atom. The zero-order valence-corrected chi connectivity index (χ0v) is 20.4. The number of piperidine rings is 1. The van der Waals surface area contributed by atoms with E-state index in [-0.39, 0.29) is 24.3 Å². The van der Waals surface area contributed by atoms with Crippen LogP contribution in [0.5, 0.6) is 5.75 Å². The molecule has 0 aliphatic carbocycles. The lowest BCUT2D eigenvalue weighted by Gasteiger charge is -2.34. The van der Waals surface area contributed by atoms with E-state index < -0.39 is 6.04 Å². The molecule has 1 aliphatic heterocycles. The van der Waals surface area contributed by atoms with Crippen LogP contribution in [-0.2, 0) is 9.59 Å². The number of aromatic nitrogens is 1. The highest BCUT2D eigenvalue weighted by molar-refractivity contribution is 7.18. The van der Waals surface area contributed by atoms with Crippen LogP contribution in [0.2, 0.25) is 5.02 Å². The number of carbonyl (C=O) groups excluding carboxylic acids is 2. The fourth-order valence-corrected chi connectivity index (χ4v) is 5.31. The molecule has 1 saturated heterocycles. The van der Waals surface area contributed by atoms with Crippen LogP contribution in [0.4, 0.5) is 0 Å². The van der Waals surface area contributed by atoms with Crippen LogP contribution in [0.25, 0.3) is 10.2 Å². The van der Waals surface area contributed by atoms with Crippen molar-refractivity contribution in [3.05, 3.63) is 58.6 Å². The second-order valence-electron chi connectivity index (χ2n) is 8.65. The van der Waals surface area contributed by atoms with Gasteiger partial charge in [0.2, 0.25) is 5.91 Å². The van der Waals surface area contributed by atoms with Crippen LogP contribution in [-0.4, -0.2) is 47.4 Å².